The van der Waals surface area contributed by atoms with Crippen LogP contribution in [0.3, 0.4) is 0 Å². The van der Waals surface area contributed by atoms with Crippen molar-refractivity contribution in [1.29, 1.82) is 10.5 Å². The lowest BCUT2D eigenvalue weighted by atomic mass is 10.1. The maximum Gasteiger partial charge on any atom is 0.219 e. The van der Waals surface area contributed by atoms with Gasteiger partial charge in [0.25, 0.3) is 0 Å². The van der Waals surface area contributed by atoms with Gasteiger partial charge in [0.2, 0.25) is 4.38 Å². The third kappa shape index (κ3) is 21.3. The Bertz CT molecular complexity index is 542. The first kappa shape index (κ1) is 31.5. The van der Waals surface area contributed by atoms with Gasteiger partial charge in [-0.25, -0.2) is 0 Å². The van der Waals surface area contributed by atoms with E-state index in [0.717, 1.165) is 22.2 Å². The topological polar surface area (TPSA) is 60.0 Å². The van der Waals surface area contributed by atoms with E-state index in [-0.39, 0.29) is 0 Å². The van der Waals surface area contributed by atoms with Crippen LogP contribution in [0.15, 0.2) is 0 Å². The minimum absolute atomic E-state index is 0.415. The zero-order chi connectivity index (χ0) is 23.7. The standard InChI is InChI=1S/C24H41N3OS4/c1-2-3-4-5-6-7-8-9-10-11-12-13-20-28-24(30)32-22-21-31-23(29)27(18-14-16-25)19-15-17-26/h2-15,18-22H2,1H3. The molecule has 0 bridgehead atoms. The van der Waals surface area contributed by atoms with Crippen molar-refractivity contribution in [3.63, 3.8) is 0 Å². The first-order chi connectivity index (χ1) is 15.7. The average molecular weight is 516 g/mol. The molecule has 0 aromatic carbocycles. The first-order valence-electron chi connectivity index (χ1n) is 12.1. The molecule has 0 aliphatic rings. The van der Waals surface area contributed by atoms with Crippen molar-refractivity contribution in [2.45, 2.75) is 96.8 Å². The summed E-state index contributed by atoms with van der Waals surface area (Å²) >= 11 is 13.9. The van der Waals surface area contributed by atoms with Gasteiger partial charge in [-0.2, -0.15) is 10.5 Å². The van der Waals surface area contributed by atoms with Gasteiger partial charge in [-0.3, -0.25) is 0 Å². The molecule has 0 radical (unpaired) electrons. The smallest absolute Gasteiger partial charge is 0.219 e. The monoisotopic (exact) mass is 515 g/mol. The summed E-state index contributed by atoms with van der Waals surface area (Å²) in [5.74, 6) is 1.67. The highest BCUT2D eigenvalue weighted by Crippen LogP contribution is 2.16. The lowest BCUT2D eigenvalue weighted by molar-refractivity contribution is 0.307. The summed E-state index contributed by atoms with van der Waals surface area (Å²) < 4.78 is 7.03. The summed E-state index contributed by atoms with van der Waals surface area (Å²) in [7, 11) is 0. The zero-order valence-corrected chi connectivity index (χ0v) is 23.1. The van der Waals surface area contributed by atoms with E-state index in [2.05, 4.69) is 19.1 Å². The normalized spacial score (nSPS) is 10.3. The summed E-state index contributed by atoms with van der Waals surface area (Å²) in [6.45, 7) is 4.14. The predicted octanol–water partition coefficient (Wildman–Crippen LogP) is 7.87. The number of thiocarbonyl (C=S) groups is 2. The molecule has 0 atom stereocenters. The lowest BCUT2D eigenvalue weighted by Crippen LogP contribution is -2.29. The molecule has 0 unspecified atom stereocenters. The van der Waals surface area contributed by atoms with Crippen molar-refractivity contribution in [2.75, 3.05) is 31.2 Å². The van der Waals surface area contributed by atoms with Crippen molar-refractivity contribution in [1.82, 2.24) is 4.90 Å². The fourth-order valence-electron chi connectivity index (χ4n) is 3.15. The number of nitriles is 2. The molecule has 0 rings (SSSR count). The number of ether oxygens (including phenoxy) is 1. The Hall–Kier alpha value is -0.540. The molecule has 0 aliphatic carbocycles. The summed E-state index contributed by atoms with van der Waals surface area (Å²) in [4.78, 5) is 1.94. The van der Waals surface area contributed by atoms with E-state index in [1.54, 1.807) is 23.5 Å². The minimum atomic E-state index is 0.415. The second-order valence-electron chi connectivity index (χ2n) is 7.75. The van der Waals surface area contributed by atoms with Crippen LogP contribution in [0.5, 0.6) is 0 Å². The molecule has 0 spiro atoms. The third-order valence-electron chi connectivity index (χ3n) is 4.99. The van der Waals surface area contributed by atoms with Crippen molar-refractivity contribution in [3.8, 4) is 12.1 Å². The van der Waals surface area contributed by atoms with Crippen molar-refractivity contribution < 1.29 is 4.74 Å². The largest absolute Gasteiger partial charge is 0.479 e. The average Bonchev–Trinajstić information content (AvgIpc) is 2.79. The number of hydrogen-bond acceptors (Lipinski definition) is 7. The van der Waals surface area contributed by atoms with Crippen LogP contribution in [0.2, 0.25) is 0 Å². The lowest BCUT2D eigenvalue weighted by Gasteiger charge is -2.22. The molecule has 0 amide bonds. The van der Waals surface area contributed by atoms with Crippen molar-refractivity contribution in [3.05, 3.63) is 0 Å². The fraction of sp³-hybridized carbons (Fsp3) is 0.833. The zero-order valence-electron chi connectivity index (χ0n) is 19.8. The molecule has 0 heterocycles. The van der Waals surface area contributed by atoms with Gasteiger partial charge in [-0.15, -0.1) is 0 Å². The molecular formula is C24H41N3OS4. The highest BCUT2D eigenvalue weighted by molar-refractivity contribution is 8.25. The summed E-state index contributed by atoms with van der Waals surface area (Å²) in [6, 6.07) is 4.26. The Balaban J connectivity index is 3.55. The minimum Gasteiger partial charge on any atom is -0.479 e. The van der Waals surface area contributed by atoms with Crippen LogP contribution in [-0.4, -0.2) is 44.8 Å². The molecule has 32 heavy (non-hydrogen) atoms. The second-order valence-corrected chi connectivity index (χ2v) is 11.2. The Labute approximate surface area is 216 Å². The predicted molar refractivity (Wildman–Crippen MR) is 149 cm³/mol. The molecule has 8 heteroatoms. The van der Waals surface area contributed by atoms with E-state index in [1.807, 2.05) is 4.90 Å². The maximum atomic E-state index is 8.77. The van der Waals surface area contributed by atoms with Gasteiger partial charge in [0, 0.05) is 24.6 Å². The van der Waals surface area contributed by atoms with Gasteiger partial charge >= 0.3 is 0 Å². The molecule has 0 N–H and O–H groups in total. The Morgan fingerprint density at radius 2 is 1.22 bits per heavy atom. The molecule has 4 nitrogen and oxygen atoms in total. The Kier molecular flexibility index (Phi) is 24.7. The van der Waals surface area contributed by atoms with Crippen LogP contribution in [0.25, 0.3) is 0 Å². The number of thioether (sulfide) groups is 2. The highest BCUT2D eigenvalue weighted by atomic mass is 32.2. The molecule has 0 aromatic heterocycles. The quantitative estimate of drug-likeness (QED) is 0.120. The van der Waals surface area contributed by atoms with E-state index in [9.17, 15) is 0 Å². The number of unbranched alkanes of at least 4 members (excludes halogenated alkanes) is 11. The second kappa shape index (κ2) is 25.1. The Morgan fingerprint density at radius 3 is 1.72 bits per heavy atom. The molecular weight excluding hydrogens is 475 g/mol. The van der Waals surface area contributed by atoms with E-state index < -0.39 is 0 Å². The van der Waals surface area contributed by atoms with Crippen LogP contribution in [0, 0.1) is 22.7 Å². The highest BCUT2D eigenvalue weighted by Gasteiger charge is 2.10. The molecule has 0 fully saturated rings. The third-order valence-corrected chi connectivity index (χ3v) is 8.01. The molecule has 0 aromatic rings. The molecule has 0 saturated heterocycles. The van der Waals surface area contributed by atoms with E-state index in [4.69, 9.17) is 39.7 Å². The van der Waals surface area contributed by atoms with Crippen LogP contribution in [0.4, 0.5) is 0 Å². The van der Waals surface area contributed by atoms with E-state index in [0.29, 0.717) is 36.9 Å². The van der Waals surface area contributed by atoms with E-state index in [1.165, 1.54) is 70.6 Å². The maximum absolute atomic E-state index is 8.77. The summed E-state index contributed by atoms with van der Waals surface area (Å²) in [5.41, 5.74) is 0. The Morgan fingerprint density at radius 1 is 0.750 bits per heavy atom. The molecule has 0 aliphatic heterocycles. The van der Waals surface area contributed by atoms with Gasteiger partial charge in [-0.05, 0) is 18.6 Å². The molecule has 0 saturated carbocycles. The van der Waals surface area contributed by atoms with Crippen LogP contribution in [0.1, 0.15) is 96.8 Å². The van der Waals surface area contributed by atoms with Crippen LogP contribution in [-0.2, 0) is 4.74 Å². The number of hydrogen-bond donors (Lipinski definition) is 0. The van der Waals surface area contributed by atoms with Crippen LogP contribution >= 0.6 is 48.0 Å². The van der Waals surface area contributed by atoms with Gasteiger partial charge in [-0.1, -0.05) is 113 Å². The van der Waals surface area contributed by atoms with Gasteiger partial charge in [0.05, 0.1) is 31.6 Å². The van der Waals surface area contributed by atoms with Gasteiger partial charge in [0.15, 0.2) is 0 Å². The molecule has 182 valence electrons. The van der Waals surface area contributed by atoms with Gasteiger partial charge in [0.1, 0.15) is 4.32 Å². The fourth-order valence-corrected chi connectivity index (χ4v) is 5.46. The van der Waals surface area contributed by atoms with Crippen molar-refractivity contribution >= 4 is 56.7 Å². The SMILES string of the molecule is CCCCCCCCCCCCCCOC(=S)SCCSC(=S)N(CCC#N)CCC#N. The first-order valence-corrected chi connectivity index (χ1v) is 14.9. The van der Waals surface area contributed by atoms with Gasteiger partial charge < -0.3 is 9.64 Å². The number of nitrogens with zero attached hydrogens (tertiary/aromatic N) is 3. The van der Waals surface area contributed by atoms with E-state index >= 15 is 0 Å². The summed E-state index contributed by atoms with van der Waals surface area (Å²) in [6.07, 6.45) is 16.9. The summed E-state index contributed by atoms with van der Waals surface area (Å²) in [5, 5.41) is 17.5. The van der Waals surface area contributed by atoms with Crippen LogP contribution < -0.4 is 0 Å². The van der Waals surface area contributed by atoms with Crippen molar-refractivity contribution in [2.24, 2.45) is 0 Å². The number of rotatable bonds is 20.